The third kappa shape index (κ3) is 2.56. The van der Waals surface area contributed by atoms with Crippen LogP contribution >= 0.6 is 15.9 Å². The Kier molecular flexibility index (Phi) is 3.60. The van der Waals surface area contributed by atoms with Crippen molar-refractivity contribution in [2.45, 2.75) is 0 Å². The van der Waals surface area contributed by atoms with E-state index in [0.29, 0.717) is 29.3 Å². The molecule has 7 heteroatoms. The summed E-state index contributed by atoms with van der Waals surface area (Å²) in [5.74, 6) is 0.393. The van der Waals surface area contributed by atoms with Crippen LogP contribution in [0.1, 0.15) is 10.5 Å². The number of aromatic nitrogens is 1. The predicted molar refractivity (Wildman–Crippen MR) is 63.3 cm³/mol. The maximum absolute atomic E-state index is 11.7. The van der Waals surface area contributed by atoms with Crippen molar-refractivity contribution in [3.63, 3.8) is 0 Å². The van der Waals surface area contributed by atoms with Gasteiger partial charge in [0.25, 0.3) is 5.91 Å². The van der Waals surface area contributed by atoms with Crippen molar-refractivity contribution in [1.82, 2.24) is 10.3 Å². The molecule has 2 aromatic rings. The van der Waals surface area contributed by atoms with Crippen molar-refractivity contribution in [3.8, 4) is 11.5 Å². The molecule has 0 aromatic carbocycles. The smallest absolute Gasteiger partial charge is 0.274 e. The third-order valence-electron chi connectivity index (χ3n) is 2.01. The van der Waals surface area contributed by atoms with Gasteiger partial charge in [-0.3, -0.25) is 4.79 Å². The van der Waals surface area contributed by atoms with E-state index in [1.54, 1.807) is 12.1 Å². The molecule has 0 aliphatic carbocycles. The van der Waals surface area contributed by atoms with Crippen molar-refractivity contribution in [2.75, 3.05) is 13.1 Å². The van der Waals surface area contributed by atoms with Crippen LogP contribution in [0.25, 0.3) is 11.5 Å². The standard InChI is InChI=1S/C10H10BrN3O3/c11-7-2-1-6(17-7)9-8(14-5-16-9)10(15)13-4-3-12/h1-2,5H,3-4,12H2,(H,13,15). The Morgan fingerprint density at radius 1 is 1.53 bits per heavy atom. The molecule has 1 amide bonds. The first-order valence-electron chi connectivity index (χ1n) is 4.90. The zero-order chi connectivity index (χ0) is 12.3. The summed E-state index contributed by atoms with van der Waals surface area (Å²) in [6.45, 7) is 0.748. The fraction of sp³-hybridized carbons (Fsp3) is 0.200. The molecule has 17 heavy (non-hydrogen) atoms. The van der Waals surface area contributed by atoms with E-state index in [1.807, 2.05) is 0 Å². The van der Waals surface area contributed by atoms with E-state index in [1.165, 1.54) is 6.39 Å². The van der Waals surface area contributed by atoms with Gasteiger partial charge in [0.2, 0.25) is 5.76 Å². The minimum Gasteiger partial charge on any atom is -0.446 e. The molecule has 0 atom stereocenters. The second-order valence-electron chi connectivity index (χ2n) is 3.18. The number of hydrogen-bond donors (Lipinski definition) is 2. The van der Waals surface area contributed by atoms with Gasteiger partial charge in [0, 0.05) is 13.1 Å². The Morgan fingerprint density at radius 3 is 3.00 bits per heavy atom. The Bertz CT molecular complexity index is 520. The van der Waals surface area contributed by atoms with Gasteiger partial charge >= 0.3 is 0 Å². The first-order valence-corrected chi connectivity index (χ1v) is 5.69. The molecule has 6 nitrogen and oxygen atoms in total. The summed E-state index contributed by atoms with van der Waals surface area (Å²) < 4.78 is 11.0. The van der Waals surface area contributed by atoms with Crippen LogP contribution in [-0.4, -0.2) is 24.0 Å². The second-order valence-corrected chi connectivity index (χ2v) is 3.96. The summed E-state index contributed by atoms with van der Waals surface area (Å²) in [7, 11) is 0. The summed E-state index contributed by atoms with van der Waals surface area (Å²) >= 11 is 3.18. The fourth-order valence-corrected chi connectivity index (χ4v) is 1.60. The average molecular weight is 300 g/mol. The molecular weight excluding hydrogens is 290 g/mol. The van der Waals surface area contributed by atoms with Crippen LogP contribution in [0.2, 0.25) is 0 Å². The lowest BCUT2D eigenvalue weighted by molar-refractivity contribution is 0.0950. The summed E-state index contributed by atoms with van der Waals surface area (Å²) in [6, 6.07) is 3.39. The Morgan fingerprint density at radius 2 is 2.35 bits per heavy atom. The lowest BCUT2D eigenvalue weighted by Gasteiger charge is -2.00. The Labute approximate surface area is 105 Å². The number of nitrogens with one attached hydrogen (secondary N) is 1. The van der Waals surface area contributed by atoms with Crippen LogP contribution in [-0.2, 0) is 0 Å². The SMILES string of the molecule is NCCNC(=O)c1ncoc1-c1ccc(Br)o1. The molecule has 0 saturated carbocycles. The highest BCUT2D eigenvalue weighted by molar-refractivity contribution is 9.10. The molecule has 0 fully saturated rings. The summed E-state index contributed by atoms with van der Waals surface area (Å²) in [4.78, 5) is 15.6. The molecule has 0 aliphatic rings. The number of amides is 1. The van der Waals surface area contributed by atoms with Gasteiger partial charge in [0.1, 0.15) is 0 Å². The normalized spacial score (nSPS) is 10.5. The lowest BCUT2D eigenvalue weighted by atomic mass is 10.2. The van der Waals surface area contributed by atoms with Crippen LogP contribution in [0, 0.1) is 0 Å². The molecule has 0 unspecified atom stereocenters. The topological polar surface area (TPSA) is 94.3 Å². The van der Waals surface area contributed by atoms with Gasteiger partial charge in [-0.1, -0.05) is 0 Å². The number of nitrogens with two attached hydrogens (primary N) is 1. The lowest BCUT2D eigenvalue weighted by Crippen LogP contribution is -2.29. The van der Waals surface area contributed by atoms with Crippen LogP contribution < -0.4 is 11.1 Å². The van der Waals surface area contributed by atoms with Crippen LogP contribution in [0.5, 0.6) is 0 Å². The monoisotopic (exact) mass is 299 g/mol. The summed E-state index contributed by atoms with van der Waals surface area (Å²) in [6.07, 6.45) is 1.20. The fourth-order valence-electron chi connectivity index (χ4n) is 1.29. The highest BCUT2D eigenvalue weighted by Gasteiger charge is 2.20. The first kappa shape index (κ1) is 11.9. The number of nitrogens with zero attached hydrogens (tertiary/aromatic N) is 1. The molecule has 2 heterocycles. The van der Waals surface area contributed by atoms with Crippen molar-refractivity contribution in [1.29, 1.82) is 0 Å². The molecule has 2 rings (SSSR count). The van der Waals surface area contributed by atoms with Crippen molar-refractivity contribution in [3.05, 3.63) is 28.9 Å². The Balaban J connectivity index is 2.25. The van der Waals surface area contributed by atoms with E-state index < -0.39 is 0 Å². The zero-order valence-corrected chi connectivity index (χ0v) is 10.4. The van der Waals surface area contributed by atoms with Gasteiger partial charge < -0.3 is 19.9 Å². The van der Waals surface area contributed by atoms with E-state index in [9.17, 15) is 4.79 Å². The average Bonchev–Trinajstić information content (AvgIpc) is 2.93. The van der Waals surface area contributed by atoms with Gasteiger partial charge in [0.15, 0.2) is 22.5 Å². The van der Waals surface area contributed by atoms with Gasteiger partial charge in [0.05, 0.1) is 0 Å². The predicted octanol–water partition coefficient (Wildman–Crippen LogP) is 1.39. The molecule has 0 spiro atoms. The molecule has 90 valence electrons. The third-order valence-corrected chi connectivity index (χ3v) is 2.44. The number of halogens is 1. The van der Waals surface area contributed by atoms with Crippen molar-refractivity contribution in [2.24, 2.45) is 5.73 Å². The summed E-state index contributed by atoms with van der Waals surface area (Å²) in [5, 5.41) is 2.61. The van der Waals surface area contributed by atoms with E-state index >= 15 is 0 Å². The van der Waals surface area contributed by atoms with Gasteiger partial charge in [-0.05, 0) is 28.1 Å². The first-order chi connectivity index (χ1) is 8.22. The number of carbonyl (C=O) groups excluding carboxylic acids is 1. The van der Waals surface area contributed by atoms with Crippen LogP contribution in [0.3, 0.4) is 0 Å². The highest BCUT2D eigenvalue weighted by atomic mass is 79.9. The van der Waals surface area contributed by atoms with Gasteiger partial charge in [-0.2, -0.15) is 0 Å². The molecule has 0 radical (unpaired) electrons. The Hall–Kier alpha value is -1.60. The molecule has 0 bridgehead atoms. The van der Waals surface area contributed by atoms with Crippen LogP contribution in [0.15, 0.2) is 32.0 Å². The van der Waals surface area contributed by atoms with Gasteiger partial charge in [-0.15, -0.1) is 0 Å². The number of oxazole rings is 1. The largest absolute Gasteiger partial charge is 0.446 e. The van der Waals surface area contributed by atoms with Gasteiger partial charge in [-0.25, -0.2) is 4.98 Å². The molecule has 0 saturated heterocycles. The second kappa shape index (κ2) is 5.15. The number of carbonyl (C=O) groups is 1. The van der Waals surface area contributed by atoms with Crippen molar-refractivity contribution < 1.29 is 13.6 Å². The molecule has 2 aromatic heterocycles. The highest BCUT2D eigenvalue weighted by Crippen LogP contribution is 2.27. The number of rotatable bonds is 4. The minimum atomic E-state index is -0.341. The maximum atomic E-state index is 11.7. The summed E-state index contributed by atoms with van der Waals surface area (Å²) in [5.41, 5.74) is 5.48. The molecule has 0 aliphatic heterocycles. The molecule has 3 N–H and O–H groups in total. The maximum Gasteiger partial charge on any atom is 0.274 e. The van der Waals surface area contributed by atoms with Crippen molar-refractivity contribution >= 4 is 21.8 Å². The van der Waals surface area contributed by atoms with E-state index in [4.69, 9.17) is 14.6 Å². The molecular formula is C10H10BrN3O3. The zero-order valence-electron chi connectivity index (χ0n) is 8.77. The van der Waals surface area contributed by atoms with E-state index in [-0.39, 0.29) is 11.6 Å². The number of furan rings is 1. The number of hydrogen-bond acceptors (Lipinski definition) is 5. The minimum absolute atomic E-state index is 0.181. The van der Waals surface area contributed by atoms with E-state index in [0.717, 1.165) is 0 Å². The quantitative estimate of drug-likeness (QED) is 0.889. The van der Waals surface area contributed by atoms with E-state index in [2.05, 4.69) is 26.2 Å². The van der Waals surface area contributed by atoms with Crippen LogP contribution in [0.4, 0.5) is 0 Å².